The largest absolute Gasteiger partial charge is 1.00 e. The van der Waals surface area contributed by atoms with Gasteiger partial charge < -0.3 is 23.3 Å². The molecular weight excluding hydrogens is 986 g/mol. The van der Waals surface area contributed by atoms with Crippen molar-refractivity contribution in [1.82, 2.24) is 0 Å². The molecule has 3 aromatic rings. The molecule has 0 saturated carbocycles. The van der Waals surface area contributed by atoms with Gasteiger partial charge in [0.25, 0.3) is 0 Å². The van der Waals surface area contributed by atoms with Crippen LogP contribution in [0.5, 0.6) is 5.75 Å². The number of allylic oxidation sites excluding steroid dienone is 7. The number of fused-ring (bicyclic) bond motifs is 2. The molecule has 3 aliphatic rings. The molecule has 0 unspecified atom stereocenters. The molecule has 2 heterocycles. The van der Waals surface area contributed by atoms with Gasteiger partial charge in [0.1, 0.15) is 44.0 Å². The van der Waals surface area contributed by atoms with E-state index >= 15 is 0 Å². The van der Waals surface area contributed by atoms with Crippen LogP contribution < -0.4 is 98.3 Å². The molecule has 0 saturated heterocycles. The second-order valence-corrected chi connectivity index (χ2v) is 21.8. The molecule has 68 heavy (non-hydrogen) atoms. The maximum Gasteiger partial charge on any atom is 1.00 e. The quantitative estimate of drug-likeness (QED) is 0.0481. The van der Waals surface area contributed by atoms with Crippen molar-refractivity contribution in [2.24, 2.45) is 0 Å². The first kappa shape index (κ1) is 62.4. The summed E-state index contributed by atoms with van der Waals surface area (Å²) in [5.41, 5.74) is 6.12. The van der Waals surface area contributed by atoms with Gasteiger partial charge >= 0.3 is 99.3 Å². The Bertz CT molecular complexity index is 2910. The van der Waals surface area contributed by atoms with Crippen LogP contribution in [-0.4, -0.2) is 80.7 Å². The average molecular weight is 1040 g/mol. The number of benzene rings is 3. The molecule has 0 aromatic heterocycles. The van der Waals surface area contributed by atoms with E-state index in [0.29, 0.717) is 43.9 Å². The molecular formula is C46H53N2Na3O13S4. The summed E-state index contributed by atoms with van der Waals surface area (Å²) in [4.78, 5) is 1.55. The Morgan fingerprint density at radius 3 is 2.00 bits per heavy atom. The molecule has 0 spiro atoms. The summed E-state index contributed by atoms with van der Waals surface area (Å²) in [6, 6.07) is 18.9. The molecule has 0 N–H and O–H groups in total. The Labute approximate surface area is 469 Å². The van der Waals surface area contributed by atoms with Crippen molar-refractivity contribution in [3.63, 3.8) is 0 Å². The van der Waals surface area contributed by atoms with Gasteiger partial charge in [-0.1, -0.05) is 65.5 Å². The number of nitrogens with zero attached hydrogens (tertiary/aromatic N) is 2. The summed E-state index contributed by atoms with van der Waals surface area (Å²) in [7, 11) is -16.8. The normalized spacial score (nSPS) is 17.4. The number of hydrogen-bond donors (Lipinski definition) is 0. The van der Waals surface area contributed by atoms with E-state index in [0.717, 1.165) is 77.2 Å². The van der Waals surface area contributed by atoms with E-state index in [4.69, 9.17) is 17.4 Å². The summed E-state index contributed by atoms with van der Waals surface area (Å²) in [5.74, 6) is 0.459. The summed E-state index contributed by atoms with van der Waals surface area (Å²) >= 11 is 0. The average Bonchev–Trinajstić information content (AvgIpc) is 3.56. The fraction of sp³-hybridized carbons (Fsp3) is 0.413. The molecule has 15 nitrogen and oxygen atoms in total. The number of rotatable bonds is 17. The third kappa shape index (κ3) is 16.1. The second kappa shape index (κ2) is 26.3. The third-order valence-corrected chi connectivity index (χ3v) is 14.3. The number of hydrogen-bond acceptors (Lipinski definition) is 14. The van der Waals surface area contributed by atoms with Crippen molar-refractivity contribution in [2.75, 3.05) is 23.7 Å². The summed E-state index contributed by atoms with van der Waals surface area (Å²) in [5, 5.41) is 0. The summed E-state index contributed by atoms with van der Waals surface area (Å²) in [6.07, 6.45) is 15.0. The van der Waals surface area contributed by atoms with E-state index in [1.54, 1.807) is 6.07 Å². The Kier molecular flexibility index (Phi) is 24.1. The number of unbranched alkanes of at least 4 members (excludes halogenated alkanes) is 4. The van der Waals surface area contributed by atoms with Gasteiger partial charge in [-0.15, -0.1) is 18.7 Å². The summed E-state index contributed by atoms with van der Waals surface area (Å²) < 4.78 is 140. The van der Waals surface area contributed by atoms with Crippen LogP contribution >= 0.6 is 0 Å². The standard InChI is InChI=1S/C46H56N2O10S3.3Na.O3S/c1-6-7-8-11-29-48-41-26-25-37(61(55,56)57)32-39(41)46(4,5)43(48)28-20-34-16-14-15-33(44(34)58-35-21-23-36(24-22-35)60(52,53)54)19-27-42-45(2,3)38-17-9-10-18-40(38)47(42)30-12-13-31-59(49,50)51;;;;1-4(2)3/h10,17-28,32H,6-8,11-16,29-31H2,1-5H3,(H,49,50,51)(H,52,53,54)(H,55,56,57);;;;/q;3*+1;/p-3. The smallest absolute Gasteiger partial charge is 0.748 e. The molecule has 1 aliphatic carbocycles. The monoisotopic (exact) mass is 1040 g/mol. The van der Waals surface area contributed by atoms with E-state index in [-0.39, 0.29) is 105 Å². The van der Waals surface area contributed by atoms with Crippen LogP contribution in [0.15, 0.2) is 117 Å². The first-order valence-corrected chi connectivity index (χ1v) is 26.6. The number of ether oxygens (including phenoxy) is 1. The van der Waals surface area contributed by atoms with Gasteiger partial charge in [0.2, 0.25) is 0 Å². The van der Waals surface area contributed by atoms with Crippen molar-refractivity contribution >= 4 is 58.0 Å². The molecule has 0 bridgehead atoms. The van der Waals surface area contributed by atoms with Gasteiger partial charge in [0, 0.05) is 47.0 Å². The Hall–Kier alpha value is -1.76. The first-order chi connectivity index (χ1) is 30.4. The van der Waals surface area contributed by atoms with E-state index < -0.39 is 57.5 Å². The van der Waals surface area contributed by atoms with E-state index in [1.165, 1.54) is 36.4 Å². The Morgan fingerprint density at radius 2 is 1.40 bits per heavy atom. The van der Waals surface area contributed by atoms with Crippen LogP contribution in [0.1, 0.15) is 104 Å². The molecule has 2 aliphatic heterocycles. The van der Waals surface area contributed by atoms with Crippen LogP contribution in [0.2, 0.25) is 0 Å². The maximum absolute atomic E-state index is 12.1. The topological polar surface area (TPSA) is 238 Å². The van der Waals surface area contributed by atoms with Crippen LogP contribution in [0, 0.1) is 6.07 Å². The SMILES string of the molecule is CCCCCCN1C(=CC=C2CCCC(C=CC3=[N+](CCCCS(=O)(=O)[O-])c4cc[c-]cc4C3(C)C)=C2Oc2ccc(S(=O)(=O)[O-])cc2)C(C)(C)c2cc(S(=O)(=O)[O-])ccc21.O=S(=O)=O.[Na+].[Na+].[Na+]. The van der Waals surface area contributed by atoms with Gasteiger partial charge in [0.05, 0.1) is 19.9 Å². The van der Waals surface area contributed by atoms with Gasteiger partial charge in [-0.2, -0.15) is 18.2 Å². The van der Waals surface area contributed by atoms with Crippen molar-refractivity contribution in [2.45, 2.75) is 113 Å². The van der Waals surface area contributed by atoms with Gasteiger partial charge in [-0.05, 0) is 103 Å². The van der Waals surface area contributed by atoms with Crippen molar-refractivity contribution < 1.29 is 150 Å². The minimum atomic E-state index is -4.69. The van der Waals surface area contributed by atoms with Gasteiger partial charge in [0.15, 0.2) is 5.71 Å². The molecule has 0 amide bonds. The van der Waals surface area contributed by atoms with E-state index in [9.17, 15) is 38.9 Å². The Morgan fingerprint density at radius 1 is 0.765 bits per heavy atom. The minimum absolute atomic E-state index is 0. The zero-order chi connectivity index (χ0) is 48.0. The zero-order valence-electron chi connectivity index (χ0n) is 39.9. The minimum Gasteiger partial charge on any atom is -0.748 e. The fourth-order valence-electron chi connectivity index (χ4n) is 8.60. The van der Waals surface area contributed by atoms with Crippen molar-refractivity contribution in [1.29, 1.82) is 0 Å². The van der Waals surface area contributed by atoms with Crippen LogP contribution in [0.4, 0.5) is 11.4 Å². The second-order valence-electron chi connectivity index (χ2n) is 17.1. The predicted molar refractivity (Wildman–Crippen MR) is 242 cm³/mol. The Balaban J connectivity index is 0.00000218. The molecule has 352 valence electrons. The molecule has 0 radical (unpaired) electrons. The molecule has 6 rings (SSSR count). The van der Waals surface area contributed by atoms with Crippen LogP contribution in [0.25, 0.3) is 0 Å². The fourth-order valence-corrected chi connectivity index (χ4v) is 10.1. The molecule has 22 heteroatoms. The van der Waals surface area contributed by atoms with Gasteiger partial charge in [-0.3, -0.25) is 0 Å². The first-order valence-electron chi connectivity index (χ1n) is 21.2. The third-order valence-electron chi connectivity index (χ3n) is 11.8. The van der Waals surface area contributed by atoms with Crippen molar-refractivity contribution in [3.05, 3.63) is 125 Å². The van der Waals surface area contributed by atoms with E-state index in [1.807, 2.05) is 56.4 Å². The zero-order valence-corrected chi connectivity index (χ0v) is 49.2. The maximum atomic E-state index is 12.1. The molecule has 0 atom stereocenters. The molecule has 0 fully saturated rings. The number of anilines is 1. The predicted octanol–water partition coefficient (Wildman–Crippen LogP) is -1.73. The van der Waals surface area contributed by atoms with E-state index in [2.05, 4.69) is 36.3 Å². The van der Waals surface area contributed by atoms with Gasteiger partial charge in [-0.25, -0.2) is 29.8 Å². The molecule has 3 aromatic carbocycles. The van der Waals surface area contributed by atoms with Crippen LogP contribution in [-0.2, 0) is 51.8 Å². The summed E-state index contributed by atoms with van der Waals surface area (Å²) in [6.45, 7) is 11.6. The van der Waals surface area contributed by atoms with Crippen molar-refractivity contribution in [3.8, 4) is 5.75 Å². The van der Waals surface area contributed by atoms with Crippen LogP contribution in [0.3, 0.4) is 0 Å².